The Labute approximate surface area is 192 Å². The monoisotopic (exact) mass is 451 g/mol. The maximum atomic E-state index is 12.6. The zero-order chi connectivity index (χ0) is 22.7. The molecule has 7 nitrogen and oxygen atoms in total. The average Bonchev–Trinajstić information content (AvgIpc) is 2.84. The second-order valence-corrected chi connectivity index (χ2v) is 8.26. The van der Waals surface area contributed by atoms with Crippen molar-refractivity contribution in [2.45, 2.75) is 37.9 Å². The van der Waals surface area contributed by atoms with Crippen molar-refractivity contribution in [3.63, 3.8) is 0 Å². The summed E-state index contributed by atoms with van der Waals surface area (Å²) in [6.45, 7) is 3.25. The topological polar surface area (TPSA) is 86.4 Å². The number of carbonyl (C=O) groups is 1. The van der Waals surface area contributed by atoms with Crippen molar-refractivity contribution in [2.24, 2.45) is 0 Å². The molecule has 0 fully saturated rings. The standard InChI is InChI=1S/C24H26ClN5O2/c1-3-16-11-19-20(29-21(16)14-31)10-15(12-28-19)13-30-22(24(32)26-2)5-4-18(23(30)25)17-6-8-27-9-7-17/h4-6,8,10-12,22-23,27,29H,3,7,9,13H2,1-2H3,(H,26,32). The molecule has 0 aliphatic carbocycles. The first-order chi connectivity index (χ1) is 15.5. The molecule has 1 amide bonds. The normalized spacial score (nSPS) is 24.7. The van der Waals surface area contributed by atoms with Gasteiger partial charge in [0, 0.05) is 26.3 Å². The number of carbonyl (C=O) groups excluding carboxylic acids is 2. The van der Waals surface area contributed by atoms with Crippen molar-refractivity contribution in [1.29, 1.82) is 0 Å². The van der Waals surface area contributed by atoms with E-state index < -0.39 is 11.5 Å². The molecule has 4 heterocycles. The van der Waals surface area contributed by atoms with Crippen LogP contribution in [0.3, 0.4) is 0 Å². The van der Waals surface area contributed by atoms with Crippen molar-refractivity contribution in [3.8, 4) is 0 Å². The van der Waals surface area contributed by atoms with Crippen molar-refractivity contribution in [2.75, 3.05) is 18.9 Å². The van der Waals surface area contributed by atoms with E-state index in [0.29, 0.717) is 18.7 Å². The molecule has 3 aliphatic rings. The summed E-state index contributed by atoms with van der Waals surface area (Å²) < 4.78 is 0. The van der Waals surface area contributed by atoms with E-state index in [-0.39, 0.29) is 5.91 Å². The van der Waals surface area contributed by atoms with E-state index in [4.69, 9.17) is 11.6 Å². The summed E-state index contributed by atoms with van der Waals surface area (Å²) in [4.78, 5) is 30.5. The van der Waals surface area contributed by atoms with Gasteiger partial charge in [-0.3, -0.25) is 14.7 Å². The molecule has 3 aliphatic heterocycles. The third-order valence-electron chi connectivity index (χ3n) is 5.91. The summed E-state index contributed by atoms with van der Waals surface area (Å²) in [7, 11) is 1.62. The maximum absolute atomic E-state index is 12.6. The van der Waals surface area contributed by atoms with E-state index in [9.17, 15) is 9.59 Å². The van der Waals surface area contributed by atoms with E-state index in [1.165, 1.54) is 0 Å². The van der Waals surface area contributed by atoms with E-state index in [1.807, 2.05) is 54.3 Å². The summed E-state index contributed by atoms with van der Waals surface area (Å²) in [6.07, 6.45) is 13.1. The maximum Gasteiger partial charge on any atom is 0.241 e. The van der Waals surface area contributed by atoms with Gasteiger partial charge in [-0.2, -0.15) is 0 Å². The molecule has 166 valence electrons. The van der Waals surface area contributed by atoms with Crippen LogP contribution in [0.5, 0.6) is 0 Å². The number of rotatable bonds is 4. The van der Waals surface area contributed by atoms with Crippen LogP contribution < -0.4 is 16.0 Å². The Morgan fingerprint density at radius 2 is 2.25 bits per heavy atom. The number of nitrogens with one attached hydrogen (secondary N) is 3. The van der Waals surface area contributed by atoms with E-state index in [0.717, 1.165) is 46.6 Å². The van der Waals surface area contributed by atoms with Crippen molar-refractivity contribution in [3.05, 3.63) is 70.4 Å². The molecule has 0 saturated heterocycles. The first-order valence-electron chi connectivity index (χ1n) is 10.7. The Morgan fingerprint density at radius 3 is 2.94 bits per heavy atom. The number of fused-ring (bicyclic) bond motifs is 1. The Balaban J connectivity index is 1.67. The van der Waals surface area contributed by atoms with Gasteiger partial charge in [0.15, 0.2) is 5.94 Å². The fourth-order valence-corrected chi connectivity index (χ4v) is 4.56. The van der Waals surface area contributed by atoms with Gasteiger partial charge in [0.1, 0.15) is 17.2 Å². The van der Waals surface area contributed by atoms with Crippen LogP contribution in [0.2, 0.25) is 0 Å². The van der Waals surface area contributed by atoms with Crippen molar-refractivity contribution in [1.82, 2.24) is 20.5 Å². The molecule has 32 heavy (non-hydrogen) atoms. The van der Waals surface area contributed by atoms with Gasteiger partial charge in [0.25, 0.3) is 0 Å². The van der Waals surface area contributed by atoms with Crippen LogP contribution >= 0.6 is 11.6 Å². The molecule has 0 bridgehead atoms. The van der Waals surface area contributed by atoms with Gasteiger partial charge < -0.3 is 16.0 Å². The number of alkyl halides is 1. The van der Waals surface area contributed by atoms with Gasteiger partial charge in [-0.05, 0) is 59.5 Å². The largest absolute Gasteiger partial charge is 0.391 e. The van der Waals surface area contributed by atoms with Crippen LogP contribution in [-0.2, 0) is 16.1 Å². The lowest BCUT2D eigenvalue weighted by Crippen LogP contribution is -2.50. The molecule has 8 heteroatoms. The average molecular weight is 452 g/mol. The summed E-state index contributed by atoms with van der Waals surface area (Å²) in [5, 5.41) is 9.05. The SMILES string of the molecule is CCC1=Cc2ncc(CN3C(Cl)C(=C4C=CNCC4)C=CC3C(=O)NC)cc2NC1=C=O. The molecule has 2 unspecified atom stereocenters. The van der Waals surface area contributed by atoms with E-state index in [2.05, 4.69) is 20.9 Å². The third-order valence-corrected chi connectivity index (χ3v) is 6.39. The second-order valence-electron chi connectivity index (χ2n) is 7.85. The third kappa shape index (κ3) is 4.28. The zero-order valence-electron chi connectivity index (χ0n) is 18.1. The minimum Gasteiger partial charge on any atom is -0.391 e. The number of hydrogen-bond acceptors (Lipinski definition) is 6. The first-order valence-corrected chi connectivity index (χ1v) is 11.1. The highest BCUT2D eigenvalue weighted by Gasteiger charge is 2.34. The van der Waals surface area contributed by atoms with Crippen LogP contribution in [0.25, 0.3) is 6.08 Å². The molecular weight excluding hydrogens is 426 g/mol. The Hall–Kier alpha value is -3.12. The minimum absolute atomic E-state index is 0.123. The second kappa shape index (κ2) is 9.57. The molecule has 1 aromatic rings. The highest BCUT2D eigenvalue weighted by atomic mass is 35.5. The molecule has 0 radical (unpaired) electrons. The molecule has 0 spiro atoms. The van der Waals surface area contributed by atoms with Crippen LogP contribution in [0.1, 0.15) is 31.0 Å². The van der Waals surface area contributed by atoms with Gasteiger partial charge >= 0.3 is 0 Å². The Kier molecular flexibility index (Phi) is 6.61. The van der Waals surface area contributed by atoms with Crippen LogP contribution in [-0.4, -0.2) is 46.9 Å². The number of likely N-dealkylation sites (N-methyl/N-ethyl adjacent to an activating group) is 1. The number of halogens is 1. The van der Waals surface area contributed by atoms with Gasteiger partial charge in [-0.15, -0.1) is 11.6 Å². The number of nitrogens with zero attached hydrogens (tertiary/aromatic N) is 2. The van der Waals surface area contributed by atoms with Crippen LogP contribution in [0.4, 0.5) is 5.69 Å². The lowest BCUT2D eigenvalue weighted by molar-refractivity contribution is -0.124. The Morgan fingerprint density at radius 1 is 1.41 bits per heavy atom. The van der Waals surface area contributed by atoms with Gasteiger partial charge in [-0.1, -0.05) is 19.1 Å². The van der Waals surface area contributed by atoms with E-state index >= 15 is 0 Å². The number of aromatic nitrogens is 1. The molecule has 3 N–H and O–H groups in total. The quantitative estimate of drug-likeness (QED) is 0.371. The van der Waals surface area contributed by atoms with Crippen molar-refractivity contribution < 1.29 is 9.59 Å². The number of pyridine rings is 1. The lowest BCUT2D eigenvalue weighted by atomic mass is 9.96. The predicted octanol–water partition coefficient (Wildman–Crippen LogP) is 2.87. The summed E-state index contributed by atoms with van der Waals surface area (Å²) >= 11 is 6.94. The molecule has 1 aromatic heterocycles. The zero-order valence-corrected chi connectivity index (χ0v) is 18.9. The highest BCUT2D eigenvalue weighted by molar-refractivity contribution is 6.22. The number of allylic oxidation sites excluding steroid dienone is 2. The van der Waals surface area contributed by atoms with Crippen LogP contribution in [0, 0.1) is 0 Å². The molecule has 4 rings (SSSR count). The summed E-state index contributed by atoms with van der Waals surface area (Å²) in [5.41, 5.74) is 5.39. The lowest BCUT2D eigenvalue weighted by Gasteiger charge is -2.37. The van der Waals surface area contributed by atoms with Gasteiger partial charge in [-0.25, -0.2) is 4.79 Å². The number of amides is 1. The fourth-order valence-electron chi connectivity index (χ4n) is 4.16. The molecular formula is C24H26ClN5O2. The fraction of sp³-hybridized carbons (Fsp3) is 0.333. The number of anilines is 1. The van der Waals surface area contributed by atoms with Gasteiger partial charge in [0.05, 0.1) is 11.4 Å². The smallest absolute Gasteiger partial charge is 0.241 e. The molecule has 2 atom stereocenters. The highest BCUT2D eigenvalue weighted by Crippen LogP contribution is 2.33. The van der Waals surface area contributed by atoms with Crippen molar-refractivity contribution >= 4 is 35.2 Å². The van der Waals surface area contributed by atoms with Gasteiger partial charge in [0.2, 0.25) is 5.91 Å². The number of hydrogen-bond donors (Lipinski definition) is 3. The predicted molar refractivity (Wildman–Crippen MR) is 126 cm³/mol. The molecule has 0 aromatic carbocycles. The first kappa shape index (κ1) is 22.1. The summed E-state index contributed by atoms with van der Waals surface area (Å²) in [6, 6.07) is 1.45. The van der Waals surface area contributed by atoms with Crippen LogP contribution in [0.15, 0.2) is 59.1 Å². The van der Waals surface area contributed by atoms with E-state index in [1.54, 1.807) is 13.2 Å². The minimum atomic E-state index is -0.501. The Bertz CT molecular complexity index is 1100. The molecule has 0 saturated carbocycles. The summed E-state index contributed by atoms with van der Waals surface area (Å²) in [5.74, 6) is 1.85.